The van der Waals surface area contributed by atoms with Crippen molar-refractivity contribution < 1.29 is 14.6 Å². The van der Waals surface area contributed by atoms with E-state index in [1.54, 1.807) is 13.0 Å². The van der Waals surface area contributed by atoms with Crippen molar-refractivity contribution >= 4 is 27.8 Å². The van der Waals surface area contributed by atoms with E-state index in [0.29, 0.717) is 12.3 Å². The molecule has 0 aliphatic rings. The molecule has 0 radical (unpaired) electrons. The zero-order chi connectivity index (χ0) is 15.7. The fourth-order valence-corrected chi connectivity index (χ4v) is 2.90. The third kappa shape index (κ3) is 2.14. The lowest BCUT2D eigenvalue weighted by atomic mass is 10.1. The van der Waals surface area contributed by atoms with Crippen molar-refractivity contribution in [3.05, 3.63) is 41.7 Å². The van der Waals surface area contributed by atoms with Gasteiger partial charge >= 0.3 is 5.97 Å². The Kier molecular flexibility index (Phi) is 3.81. The topological polar surface area (TPSA) is 64.3 Å². The molecule has 0 aliphatic carbocycles. The van der Waals surface area contributed by atoms with Crippen LogP contribution in [0, 0.1) is 0 Å². The Morgan fingerprint density at radius 3 is 2.73 bits per heavy atom. The highest BCUT2D eigenvalue weighted by Crippen LogP contribution is 2.31. The average Bonchev–Trinajstić information content (AvgIpc) is 2.88. The van der Waals surface area contributed by atoms with E-state index in [4.69, 9.17) is 4.74 Å². The first-order valence-electron chi connectivity index (χ1n) is 7.40. The van der Waals surface area contributed by atoms with Crippen molar-refractivity contribution in [1.82, 2.24) is 9.55 Å². The fraction of sp³-hybridized carbons (Fsp3) is 0.294. The second-order valence-corrected chi connectivity index (χ2v) is 4.99. The molecule has 1 N–H and O–H groups in total. The summed E-state index contributed by atoms with van der Waals surface area (Å²) in [4.78, 5) is 16.3. The summed E-state index contributed by atoms with van der Waals surface area (Å²) in [6.07, 6.45) is 0. The van der Waals surface area contributed by atoms with Gasteiger partial charge in [-0.1, -0.05) is 18.2 Å². The predicted molar refractivity (Wildman–Crippen MR) is 84.8 cm³/mol. The number of esters is 1. The summed E-state index contributed by atoms with van der Waals surface area (Å²) in [6.45, 7) is 4.64. The largest absolute Gasteiger partial charge is 0.461 e. The molecule has 22 heavy (non-hydrogen) atoms. The highest BCUT2D eigenvalue weighted by Gasteiger charge is 2.18. The van der Waals surface area contributed by atoms with Gasteiger partial charge in [0.1, 0.15) is 5.69 Å². The van der Waals surface area contributed by atoms with Crippen LogP contribution in [0.3, 0.4) is 0 Å². The molecule has 0 aliphatic heterocycles. The van der Waals surface area contributed by atoms with Gasteiger partial charge in [0.2, 0.25) is 0 Å². The SMILES string of the molecule is CCOC(=O)c1cc2c3ccccc3n(CC)c2c(CO)n1. The van der Waals surface area contributed by atoms with Gasteiger partial charge in [-0.25, -0.2) is 9.78 Å². The summed E-state index contributed by atoms with van der Waals surface area (Å²) in [5, 5.41) is 11.6. The number of para-hydroxylation sites is 1. The van der Waals surface area contributed by atoms with Gasteiger partial charge in [0.15, 0.2) is 0 Å². The van der Waals surface area contributed by atoms with Crippen LogP contribution in [0.15, 0.2) is 30.3 Å². The van der Waals surface area contributed by atoms with Gasteiger partial charge in [0.05, 0.1) is 24.4 Å². The molecule has 0 saturated carbocycles. The van der Waals surface area contributed by atoms with Crippen LogP contribution in [0.25, 0.3) is 21.8 Å². The summed E-state index contributed by atoms with van der Waals surface area (Å²) in [7, 11) is 0. The number of fused-ring (bicyclic) bond motifs is 3. The fourth-order valence-electron chi connectivity index (χ4n) is 2.90. The lowest BCUT2D eigenvalue weighted by Gasteiger charge is -2.08. The molecule has 5 heteroatoms. The van der Waals surface area contributed by atoms with Crippen LogP contribution in [-0.4, -0.2) is 27.2 Å². The Labute approximate surface area is 128 Å². The first-order chi connectivity index (χ1) is 10.7. The Morgan fingerprint density at radius 2 is 2.05 bits per heavy atom. The Balaban J connectivity index is 2.39. The second-order valence-electron chi connectivity index (χ2n) is 4.99. The first-order valence-corrected chi connectivity index (χ1v) is 7.40. The van der Waals surface area contributed by atoms with Crippen molar-refractivity contribution in [1.29, 1.82) is 0 Å². The van der Waals surface area contributed by atoms with Crippen molar-refractivity contribution in [3.63, 3.8) is 0 Å². The van der Waals surface area contributed by atoms with Gasteiger partial charge in [0, 0.05) is 22.8 Å². The van der Waals surface area contributed by atoms with Crippen LogP contribution in [-0.2, 0) is 17.9 Å². The van der Waals surface area contributed by atoms with Gasteiger partial charge < -0.3 is 14.4 Å². The number of hydrogen-bond acceptors (Lipinski definition) is 4. The molecular weight excluding hydrogens is 280 g/mol. The number of carbonyl (C=O) groups is 1. The van der Waals surface area contributed by atoms with E-state index in [-0.39, 0.29) is 12.3 Å². The second kappa shape index (κ2) is 5.77. The molecule has 1 aromatic carbocycles. The number of carbonyl (C=O) groups excluding carboxylic acids is 1. The van der Waals surface area contributed by atoms with Gasteiger partial charge in [0.25, 0.3) is 0 Å². The molecule has 3 rings (SSSR count). The lowest BCUT2D eigenvalue weighted by Crippen LogP contribution is -2.09. The highest BCUT2D eigenvalue weighted by atomic mass is 16.5. The highest BCUT2D eigenvalue weighted by molar-refractivity contribution is 6.10. The van der Waals surface area contributed by atoms with Crippen LogP contribution in [0.5, 0.6) is 0 Å². The number of aromatic nitrogens is 2. The lowest BCUT2D eigenvalue weighted by molar-refractivity contribution is 0.0519. The van der Waals surface area contributed by atoms with Crippen LogP contribution < -0.4 is 0 Å². The predicted octanol–water partition coefficient (Wildman–Crippen LogP) is 2.88. The van der Waals surface area contributed by atoms with Crippen LogP contribution in [0.4, 0.5) is 0 Å². The number of aliphatic hydroxyl groups excluding tert-OH is 1. The molecule has 5 nitrogen and oxygen atoms in total. The van der Waals surface area contributed by atoms with Gasteiger partial charge in [-0.15, -0.1) is 0 Å². The van der Waals surface area contributed by atoms with Crippen LogP contribution >= 0.6 is 0 Å². The Morgan fingerprint density at radius 1 is 1.27 bits per heavy atom. The van der Waals surface area contributed by atoms with Gasteiger partial charge in [-0.2, -0.15) is 0 Å². The molecule has 0 fully saturated rings. The zero-order valence-electron chi connectivity index (χ0n) is 12.7. The maximum absolute atomic E-state index is 12.0. The van der Waals surface area contributed by atoms with E-state index < -0.39 is 5.97 Å². The zero-order valence-corrected chi connectivity index (χ0v) is 12.7. The minimum Gasteiger partial charge on any atom is -0.461 e. The number of rotatable bonds is 4. The number of aryl methyl sites for hydroxylation is 1. The number of pyridine rings is 1. The molecule has 0 amide bonds. The molecule has 0 bridgehead atoms. The number of nitrogens with zero attached hydrogens (tertiary/aromatic N) is 2. The average molecular weight is 298 g/mol. The Bertz CT molecular complexity index is 852. The summed E-state index contributed by atoms with van der Waals surface area (Å²) in [5.41, 5.74) is 2.67. The third-order valence-electron chi connectivity index (χ3n) is 3.77. The molecule has 0 unspecified atom stereocenters. The number of benzene rings is 1. The standard InChI is InChI=1S/C17H18N2O3/c1-3-19-15-8-6-5-7-11(15)12-9-13(17(21)22-4-2)18-14(10-20)16(12)19/h5-9,20H,3-4,10H2,1-2H3. The third-order valence-corrected chi connectivity index (χ3v) is 3.77. The van der Waals surface area contributed by atoms with E-state index in [1.165, 1.54) is 0 Å². The van der Waals surface area contributed by atoms with Crippen molar-refractivity contribution in [3.8, 4) is 0 Å². The minimum atomic E-state index is -0.465. The van der Waals surface area contributed by atoms with Gasteiger partial charge in [-0.3, -0.25) is 0 Å². The molecule has 2 heterocycles. The molecule has 3 aromatic rings. The summed E-state index contributed by atoms with van der Waals surface area (Å²) < 4.78 is 7.14. The van der Waals surface area contributed by atoms with Gasteiger partial charge in [-0.05, 0) is 26.0 Å². The van der Waals surface area contributed by atoms with E-state index in [2.05, 4.69) is 9.55 Å². The molecule has 2 aromatic heterocycles. The quantitative estimate of drug-likeness (QED) is 0.752. The summed E-state index contributed by atoms with van der Waals surface area (Å²) in [5.74, 6) is -0.465. The monoisotopic (exact) mass is 298 g/mol. The van der Waals surface area contributed by atoms with E-state index >= 15 is 0 Å². The van der Waals surface area contributed by atoms with Crippen molar-refractivity contribution in [2.45, 2.75) is 27.0 Å². The number of hydrogen-bond donors (Lipinski definition) is 1. The molecule has 114 valence electrons. The van der Waals surface area contributed by atoms with Crippen molar-refractivity contribution in [2.75, 3.05) is 6.61 Å². The van der Waals surface area contributed by atoms with Crippen molar-refractivity contribution in [2.24, 2.45) is 0 Å². The normalized spacial score (nSPS) is 11.2. The Hall–Kier alpha value is -2.40. The minimum absolute atomic E-state index is 0.222. The van der Waals surface area contributed by atoms with Crippen LogP contribution in [0.1, 0.15) is 30.0 Å². The molecule has 0 spiro atoms. The maximum Gasteiger partial charge on any atom is 0.356 e. The smallest absolute Gasteiger partial charge is 0.356 e. The summed E-state index contributed by atoms with van der Waals surface area (Å²) in [6, 6.07) is 9.74. The van der Waals surface area contributed by atoms with E-state index in [9.17, 15) is 9.90 Å². The first kappa shape index (κ1) is 14.5. The van der Waals surface area contributed by atoms with E-state index in [0.717, 1.165) is 28.4 Å². The number of ether oxygens (including phenoxy) is 1. The molecule has 0 saturated heterocycles. The van der Waals surface area contributed by atoms with E-state index in [1.807, 2.05) is 31.2 Å². The molecule has 0 atom stereocenters. The molecular formula is C17H18N2O3. The van der Waals surface area contributed by atoms with Crippen LogP contribution in [0.2, 0.25) is 0 Å². The maximum atomic E-state index is 12.0. The number of aliphatic hydroxyl groups is 1. The summed E-state index contributed by atoms with van der Waals surface area (Å²) >= 11 is 0.